The number of ether oxygens (including phenoxy) is 4. The standard InChI is InChI=1S/C33H32N2O10S/c1-23-17-19-27(20-18-23)46(39,40)45-29-28(41-21-24-11-5-2-6-12-24)31(42-22-25-13-7-3-8-14-25)33(43-26-15-9-4-10-16-26)44-30(29)32(34-36)35(37)38/h2-20,28-31,33,36H,21-22H2,1H3/b34-32+/t28-,29-,30-,31+,33+/m0/s1. The topological polar surface area (TPSA) is 156 Å². The summed E-state index contributed by atoms with van der Waals surface area (Å²) < 4.78 is 57.8. The Labute approximate surface area is 266 Å². The maximum atomic E-state index is 13.6. The highest BCUT2D eigenvalue weighted by molar-refractivity contribution is 7.86. The Kier molecular flexibility index (Phi) is 10.7. The first kappa shape index (κ1) is 32.7. The molecule has 46 heavy (non-hydrogen) atoms. The fourth-order valence-corrected chi connectivity index (χ4v) is 5.94. The van der Waals surface area contributed by atoms with Crippen LogP contribution < -0.4 is 4.74 Å². The smallest absolute Gasteiger partial charge is 0.417 e. The molecule has 0 amide bonds. The molecular weight excluding hydrogens is 616 g/mol. The summed E-state index contributed by atoms with van der Waals surface area (Å²) in [6.07, 6.45) is -7.62. The van der Waals surface area contributed by atoms with Gasteiger partial charge >= 0.3 is 5.84 Å². The summed E-state index contributed by atoms with van der Waals surface area (Å²) in [5.41, 5.74) is 2.30. The van der Waals surface area contributed by atoms with E-state index in [0.29, 0.717) is 5.75 Å². The molecule has 0 aliphatic carbocycles. The summed E-state index contributed by atoms with van der Waals surface area (Å²) in [5, 5.41) is 24.7. The average Bonchev–Trinajstić information content (AvgIpc) is 3.06. The minimum absolute atomic E-state index is 0.0208. The van der Waals surface area contributed by atoms with Crippen molar-refractivity contribution in [1.82, 2.24) is 0 Å². The van der Waals surface area contributed by atoms with Gasteiger partial charge in [-0.15, -0.1) is 0 Å². The summed E-state index contributed by atoms with van der Waals surface area (Å²) >= 11 is 0. The van der Waals surface area contributed by atoms with Crippen molar-refractivity contribution >= 4 is 16.0 Å². The Morgan fingerprint density at radius 1 is 0.804 bits per heavy atom. The van der Waals surface area contributed by atoms with Gasteiger partial charge in [0.2, 0.25) is 12.4 Å². The predicted octanol–water partition coefficient (Wildman–Crippen LogP) is 5.11. The van der Waals surface area contributed by atoms with Crippen molar-refractivity contribution in [3.05, 3.63) is 142 Å². The molecule has 0 aromatic heterocycles. The van der Waals surface area contributed by atoms with Gasteiger partial charge in [-0.2, -0.15) is 8.42 Å². The zero-order valence-corrected chi connectivity index (χ0v) is 25.5. The number of hydrogen-bond acceptors (Lipinski definition) is 11. The highest BCUT2D eigenvalue weighted by Crippen LogP contribution is 2.34. The molecule has 1 saturated heterocycles. The monoisotopic (exact) mass is 648 g/mol. The van der Waals surface area contributed by atoms with Crippen molar-refractivity contribution in [3.63, 3.8) is 0 Å². The van der Waals surface area contributed by atoms with E-state index >= 15 is 0 Å². The SMILES string of the molecule is Cc1ccc(S(=O)(=O)O[C@H]2[C@H](OCc3ccccc3)[C@@H](OCc3ccccc3)[C@H](Oc3ccccc3)O[C@@H]2/C(=N\O)[N+](=O)[O-])cc1. The van der Waals surface area contributed by atoms with Crippen LogP contribution in [0, 0.1) is 17.0 Å². The largest absolute Gasteiger partial charge is 0.462 e. The summed E-state index contributed by atoms with van der Waals surface area (Å²) in [6, 6.07) is 32.6. The molecule has 240 valence electrons. The molecular formula is C33H32N2O10S. The first-order valence-electron chi connectivity index (χ1n) is 14.3. The van der Waals surface area contributed by atoms with Crippen LogP contribution in [0.25, 0.3) is 0 Å². The molecule has 0 spiro atoms. The summed E-state index contributed by atoms with van der Waals surface area (Å²) in [5.74, 6) is -0.780. The lowest BCUT2D eigenvalue weighted by molar-refractivity contribution is -0.374. The number of benzene rings is 4. The Morgan fingerprint density at radius 2 is 1.33 bits per heavy atom. The molecule has 0 unspecified atom stereocenters. The number of nitrogens with zero attached hydrogens (tertiary/aromatic N) is 2. The Balaban J connectivity index is 1.60. The van der Waals surface area contributed by atoms with Crippen molar-refractivity contribution in [3.8, 4) is 5.75 Å². The number of oxime groups is 1. The lowest BCUT2D eigenvalue weighted by atomic mass is 9.97. The predicted molar refractivity (Wildman–Crippen MR) is 165 cm³/mol. The van der Waals surface area contributed by atoms with Gasteiger partial charge in [0.05, 0.1) is 18.1 Å². The van der Waals surface area contributed by atoms with Crippen LogP contribution >= 0.6 is 0 Å². The molecule has 1 aliphatic heterocycles. The maximum absolute atomic E-state index is 13.6. The Hall–Kier alpha value is -4.66. The van der Waals surface area contributed by atoms with Crippen molar-refractivity contribution in [2.45, 2.75) is 55.7 Å². The molecule has 0 bridgehead atoms. The fraction of sp³-hybridized carbons (Fsp3) is 0.242. The van der Waals surface area contributed by atoms with Crippen LogP contribution in [0.3, 0.4) is 0 Å². The van der Waals surface area contributed by atoms with E-state index in [4.69, 9.17) is 23.1 Å². The van der Waals surface area contributed by atoms with Gasteiger partial charge in [-0.05, 0) is 47.2 Å². The molecule has 0 radical (unpaired) electrons. The number of para-hydroxylation sites is 1. The van der Waals surface area contributed by atoms with E-state index in [0.717, 1.165) is 16.7 Å². The van der Waals surface area contributed by atoms with Gasteiger partial charge < -0.3 is 34.3 Å². The molecule has 12 nitrogen and oxygen atoms in total. The van der Waals surface area contributed by atoms with Gasteiger partial charge in [-0.3, -0.25) is 4.18 Å². The zero-order valence-electron chi connectivity index (χ0n) is 24.7. The lowest BCUT2D eigenvalue weighted by Crippen LogP contribution is -2.64. The number of rotatable bonds is 12. The summed E-state index contributed by atoms with van der Waals surface area (Å²) in [4.78, 5) is 10.9. The summed E-state index contributed by atoms with van der Waals surface area (Å²) in [6.45, 7) is 1.75. The zero-order chi connectivity index (χ0) is 32.5. The van der Waals surface area contributed by atoms with Crippen LogP contribution in [0.5, 0.6) is 5.75 Å². The van der Waals surface area contributed by atoms with E-state index in [9.17, 15) is 23.7 Å². The highest BCUT2D eigenvalue weighted by atomic mass is 32.2. The van der Waals surface area contributed by atoms with Crippen LogP contribution in [0.15, 0.2) is 125 Å². The molecule has 1 aliphatic rings. The van der Waals surface area contributed by atoms with E-state index < -0.39 is 51.6 Å². The van der Waals surface area contributed by atoms with E-state index in [2.05, 4.69) is 5.16 Å². The van der Waals surface area contributed by atoms with Crippen LogP contribution in [0.4, 0.5) is 0 Å². The number of nitro groups is 1. The lowest BCUT2D eigenvalue weighted by Gasteiger charge is -2.43. The van der Waals surface area contributed by atoms with Crippen LogP contribution in [0.1, 0.15) is 16.7 Å². The van der Waals surface area contributed by atoms with Gasteiger partial charge in [0.15, 0.2) is 5.16 Å². The second-order valence-corrected chi connectivity index (χ2v) is 12.0. The quantitative estimate of drug-likeness (QED) is 0.0547. The number of hydrogen-bond donors (Lipinski definition) is 1. The minimum Gasteiger partial charge on any atom is -0.462 e. The Morgan fingerprint density at radius 3 is 1.85 bits per heavy atom. The van der Waals surface area contributed by atoms with E-state index in [1.807, 2.05) is 36.4 Å². The minimum atomic E-state index is -4.58. The van der Waals surface area contributed by atoms with Gasteiger partial charge in [0, 0.05) is 0 Å². The molecule has 5 atom stereocenters. The third kappa shape index (κ3) is 8.13. The van der Waals surface area contributed by atoms with Crippen molar-refractivity contribution in [1.29, 1.82) is 0 Å². The third-order valence-corrected chi connectivity index (χ3v) is 8.48. The molecule has 4 aromatic rings. The summed E-state index contributed by atoms with van der Waals surface area (Å²) in [7, 11) is -4.58. The van der Waals surface area contributed by atoms with Gasteiger partial charge in [0.1, 0.15) is 24.1 Å². The second kappa shape index (κ2) is 15.1. The maximum Gasteiger partial charge on any atom is 0.417 e. The van der Waals surface area contributed by atoms with Crippen molar-refractivity contribution < 1.29 is 41.7 Å². The van der Waals surface area contributed by atoms with Crippen molar-refractivity contribution in [2.24, 2.45) is 5.16 Å². The van der Waals surface area contributed by atoms with Crippen LogP contribution in [0.2, 0.25) is 0 Å². The van der Waals surface area contributed by atoms with Crippen molar-refractivity contribution in [2.75, 3.05) is 0 Å². The van der Waals surface area contributed by atoms with E-state index in [1.54, 1.807) is 73.7 Å². The molecule has 4 aromatic carbocycles. The van der Waals surface area contributed by atoms with E-state index in [1.165, 1.54) is 12.1 Å². The first-order chi connectivity index (χ1) is 22.2. The third-order valence-electron chi connectivity index (χ3n) is 7.15. The Bertz CT molecular complexity index is 1710. The molecule has 1 fully saturated rings. The highest BCUT2D eigenvalue weighted by Gasteiger charge is 2.56. The molecule has 0 saturated carbocycles. The molecule has 13 heteroatoms. The van der Waals surface area contributed by atoms with Gasteiger partial charge in [-0.1, -0.05) is 96.6 Å². The van der Waals surface area contributed by atoms with E-state index in [-0.39, 0.29) is 18.1 Å². The fourth-order valence-electron chi connectivity index (χ4n) is 4.86. The van der Waals surface area contributed by atoms with Gasteiger partial charge in [0.25, 0.3) is 10.1 Å². The molecule has 5 rings (SSSR count). The van der Waals surface area contributed by atoms with Gasteiger partial charge in [-0.25, -0.2) is 0 Å². The molecule has 1 heterocycles. The normalized spacial score (nSPS) is 21.8. The average molecular weight is 649 g/mol. The molecule has 1 N–H and O–H groups in total. The first-order valence-corrected chi connectivity index (χ1v) is 15.7. The van der Waals surface area contributed by atoms with Crippen LogP contribution in [-0.4, -0.2) is 55.1 Å². The number of aryl methyl sites for hydroxylation is 1. The van der Waals surface area contributed by atoms with Crippen LogP contribution in [-0.2, 0) is 41.7 Å². The number of amidine groups is 1. The second-order valence-electron chi connectivity index (χ2n) is 10.4.